The van der Waals surface area contributed by atoms with Crippen LogP contribution in [0.1, 0.15) is 52.4 Å². The van der Waals surface area contributed by atoms with Crippen molar-refractivity contribution < 1.29 is 4.74 Å². The maximum atomic E-state index is 5.52. The molecule has 14 heavy (non-hydrogen) atoms. The van der Waals surface area contributed by atoms with Crippen molar-refractivity contribution in [2.75, 3.05) is 19.8 Å². The second-order valence-corrected chi connectivity index (χ2v) is 4.66. The van der Waals surface area contributed by atoms with Gasteiger partial charge in [-0.2, -0.15) is 0 Å². The maximum absolute atomic E-state index is 5.52. The molecule has 2 nitrogen and oxygen atoms in total. The van der Waals surface area contributed by atoms with Crippen LogP contribution in [-0.4, -0.2) is 25.3 Å². The topological polar surface area (TPSA) is 21.3 Å². The summed E-state index contributed by atoms with van der Waals surface area (Å²) in [5.74, 6) is 0. The largest absolute Gasteiger partial charge is 0.380 e. The first-order valence-electron chi connectivity index (χ1n) is 6.10. The van der Waals surface area contributed by atoms with Gasteiger partial charge in [0.1, 0.15) is 0 Å². The minimum atomic E-state index is 0.411. The van der Waals surface area contributed by atoms with E-state index in [2.05, 4.69) is 19.2 Å². The van der Waals surface area contributed by atoms with Crippen LogP contribution >= 0.6 is 0 Å². The number of hydrogen-bond acceptors (Lipinski definition) is 2. The molecule has 1 fully saturated rings. The molecule has 0 bridgehead atoms. The molecule has 0 unspecified atom stereocenters. The Labute approximate surface area is 88.4 Å². The highest BCUT2D eigenvalue weighted by Gasteiger charge is 2.27. The minimum absolute atomic E-state index is 0.411. The zero-order valence-corrected chi connectivity index (χ0v) is 9.77. The van der Waals surface area contributed by atoms with Crippen LogP contribution in [0.2, 0.25) is 0 Å². The standard InChI is InChI=1S/C12H25NO/c1-3-4-10-14-11-9-13-12(2)7-5-6-8-12/h13H,3-11H2,1-2H3. The van der Waals surface area contributed by atoms with Gasteiger partial charge in [-0.25, -0.2) is 0 Å². The van der Waals surface area contributed by atoms with Gasteiger partial charge in [0.25, 0.3) is 0 Å². The third kappa shape index (κ3) is 4.43. The number of rotatable bonds is 7. The molecule has 0 aromatic carbocycles. The normalized spacial score (nSPS) is 20.1. The van der Waals surface area contributed by atoms with E-state index in [1.807, 2.05) is 0 Å². The van der Waals surface area contributed by atoms with Crippen LogP contribution in [-0.2, 0) is 4.74 Å². The summed E-state index contributed by atoms with van der Waals surface area (Å²) < 4.78 is 5.52. The Morgan fingerprint density at radius 3 is 2.57 bits per heavy atom. The number of nitrogens with one attached hydrogen (secondary N) is 1. The van der Waals surface area contributed by atoms with Crippen LogP contribution in [0.3, 0.4) is 0 Å². The SMILES string of the molecule is CCCCOCCNC1(C)CCCC1. The highest BCUT2D eigenvalue weighted by molar-refractivity contribution is 4.87. The second kappa shape index (κ2) is 6.41. The van der Waals surface area contributed by atoms with E-state index in [4.69, 9.17) is 4.74 Å². The molecule has 0 spiro atoms. The summed E-state index contributed by atoms with van der Waals surface area (Å²) in [7, 11) is 0. The summed E-state index contributed by atoms with van der Waals surface area (Å²) in [4.78, 5) is 0. The number of ether oxygens (including phenoxy) is 1. The summed E-state index contributed by atoms with van der Waals surface area (Å²) in [6, 6.07) is 0. The highest BCUT2D eigenvalue weighted by atomic mass is 16.5. The molecular weight excluding hydrogens is 174 g/mol. The third-order valence-corrected chi connectivity index (χ3v) is 3.15. The average molecular weight is 199 g/mol. The van der Waals surface area contributed by atoms with E-state index in [1.165, 1.54) is 38.5 Å². The van der Waals surface area contributed by atoms with Gasteiger partial charge in [0.15, 0.2) is 0 Å². The molecule has 0 radical (unpaired) electrons. The Kier molecular flexibility index (Phi) is 5.49. The smallest absolute Gasteiger partial charge is 0.0591 e. The molecule has 84 valence electrons. The lowest BCUT2D eigenvalue weighted by atomic mass is 10.0. The Bertz CT molecular complexity index is 141. The van der Waals surface area contributed by atoms with Crippen LogP contribution in [0.15, 0.2) is 0 Å². The summed E-state index contributed by atoms with van der Waals surface area (Å²) in [6.07, 6.45) is 7.87. The van der Waals surface area contributed by atoms with Crippen molar-refractivity contribution in [3.05, 3.63) is 0 Å². The zero-order chi connectivity index (χ0) is 10.3. The first kappa shape index (κ1) is 12.0. The molecule has 1 saturated carbocycles. The first-order chi connectivity index (χ1) is 6.77. The van der Waals surface area contributed by atoms with Gasteiger partial charge in [0, 0.05) is 18.7 Å². The van der Waals surface area contributed by atoms with Gasteiger partial charge in [0.05, 0.1) is 6.61 Å². The van der Waals surface area contributed by atoms with Crippen molar-refractivity contribution in [3.63, 3.8) is 0 Å². The summed E-state index contributed by atoms with van der Waals surface area (Å²) in [5.41, 5.74) is 0.411. The van der Waals surface area contributed by atoms with Gasteiger partial charge < -0.3 is 10.1 Å². The lowest BCUT2D eigenvalue weighted by Gasteiger charge is -2.25. The van der Waals surface area contributed by atoms with E-state index in [0.29, 0.717) is 5.54 Å². The van der Waals surface area contributed by atoms with Crippen LogP contribution in [0, 0.1) is 0 Å². The lowest BCUT2D eigenvalue weighted by Crippen LogP contribution is -2.41. The van der Waals surface area contributed by atoms with E-state index in [-0.39, 0.29) is 0 Å². The van der Waals surface area contributed by atoms with Crippen molar-refractivity contribution in [2.45, 2.75) is 57.9 Å². The van der Waals surface area contributed by atoms with E-state index in [9.17, 15) is 0 Å². The van der Waals surface area contributed by atoms with E-state index >= 15 is 0 Å². The zero-order valence-electron chi connectivity index (χ0n) is 9.77. The van der Waals surface area contributed by atoms with Crippen molar-refractivity contribution in [2.24, 2.45) is 0 Å². The minimum Gasteiger partial charge on any atom is -0.380 e. The average Bonchev–Trinajstić information content (AvgIpc) is 2.59. The Morgan fingerprint density at radius 2 is 1.93 bits per heavy atom. The van der Waals surface area contributed by atoms with Gasteiger partial charge in [-0.3, -0.25) is 0 Å². The van der Waals surface area contributed by atoms with Crippen LogP contribution < -0.4 is 5.32 Å². The van der Waals surface area contributed by atoms with Gasteiger partial charge in [-0.05, 0) is 26.2 Å². The van der Waals surface area contributed by atoms with E-state index in [1.54, 1.807) is 0 Å². The fraction of sp³-hybridized carbons (Fsp3) is 1.00. The van der Waals surface area contributed by atoms with Crippen molar-refractivity contribution in [1.82, 2.24) is 5.32 Å². The molecule has 0 aromatic rings. The Balaban J connectivity index is 1.92. The van der Waals surface area contributed by atoms with Gasteiger partial charge in [0.2, 0.25) is 0 Å². The fourth-order valence-electron chi connectivity index (χ4n) is 2.11. The molecule has 0 saturated heterocycles. The first-order valence-corrected chi connectivity index (χ1v) is 6.10. The second-order valence-electron chi connectivity index (χ2n) is 4.66. The number of unbranched alkanes of at least 4 members (excludes halogenated alkanes) is 1. The van der Waals surface area contributed by atoms with Crippen LogP contribution in [0.4, 0.5) is 0 Å². The fourth-order valence-corrected chi connectivity index (χ4v) is 2.11. The van der Waals surface area contributed by atoms with Gasteiger partial charge in [-0.15, -0.1) is 0 Å². The molecule has 1 N–H and O–H groups in total. The summed E-state index contributed by atoms with van der Waals surface area (Å²) in [6.45, 7) is 7.35. The molecule has 2 heteroatoms. The Hall–Kier alpha value is -0.0800. The molecular formula is C12H25NO. The molecule has 1 aliphatic rings. The summed E-state index contributed by atoms with van der Waals surface area (Å²) >= 11 is 0. The predicted molar refractivity (Wildman–Crippen MR) is 60.6 cm³/mol. The molecule has 1 rings (SSSR count). The third-order valence-electron chi connectivity index (χ3n) is 3.15. The molecule has 0 heterocycles. The predicted octanol–water partition coefficient (Wildman–Crippen LogP) is 2.73. The molecule has 0 aliphatic heterocycles. The van der Waals surface area contributed by atoms with Crippen molar-refractivity contribution in [1.29, 1.82) is 0 Å². The summed E-state index contributed by atoms with van der Waals surface area (Å²) in [5, 5.41) is 3.61. The van der Waals surface area contributed by atoms with Gasteiger partial charge in [-0.1, -0.05) is 26.2 Å². The van der Waals surface area contributed by atoms with Crippen LogP contribution in [0.5, 0.6) is 0 Å². The van der Waals surface area contributed by atoms with Gasteiger partial charge >= 0.3 is 0 Å². The molecule has 0 amide bonds. The lowest BCUT2D eigenvalue weighted by molar-refractivity contribution is 0.126. The Morgan fingerprint density at radius 1 is 1.21 bits per heavy atom. The molecule has 0 atom stereocenters. The number of hydrogen-bond donors (Lipinski definition) is 1. The van der Waals surface area contributed by atoms with E-state index < -0.39 is 0 Å². The molecule has 1 aliphatic carbocycles. The maximum Gasteiger partial charge on any atom is 0.0591 e. The quantitative estimate of drug-likeness (QED) is 0.637. The van der Waals surface area contributed by atoms with Crippen LogP contribution in [0.25, 0.3) is 0 Å². The van der Waals surface area contributed by atoms with Crippen molar-refractivity contribution in [3.8, 4) is 0 Å². The monoisotopic (exact) mass is 199 g/mol. The van der Waals surface area contributed by atoms with E-state index in [0.717, 1.165) is 19.8 Å². The molecule has 0 aromatic heterocycles. The van der Waals surface area contributed by atoms with Crippen molar-refractivity contribution >= 4 is 0 Å². The highest BCUT2D eigenvalue weighted by Crippen LogP contribution is 2.28.